The lowest BCUT2D eigenvalue weighted by atomic mass is 10.2. The van der Waals surface area contributed by atoms with Crippen molar-refractivity contribution in [3.05, 3.63) is 29.8 Å². The number of anilines is 1. The Morgan fingerprint density at radius 2 is 1.57 bits per heavy atom. The summed E-state index contributed by atoms with van der Waals surface area (Å²) in [7, 11) is 0. The van der Waals surface area contributed by atoms with E-state index in [0.717, 1.165) is 13.1 Å². The van der Waals surface area contributed by atoms with Crippen molar-refractivity contribution in [2.75, 3.05) is 37.6 Å². The molecule has 3 nitrogen and oxygen atoms in total. The van der Waals surface area contributed by atoms with E-state index in [-0.39, 0.29) is 0 Å². The first-order valence-electron chi connectivity index (χ1n) is 8.61. The van der Waals surface area contributed by atoms with Crippen molar-refractivity contribution >= 4 is 5.69 Å². The van der Waals surface area contributed by atoms with E-state index in [1.54, 1.807) is 0 Å². The Morgan fingerprint density at radius 1 is 0.952 bits per heavy atom. The maximum atomic E-state index is 3.61. The minimum atomic E-state index is 0.663. The third-order valence-electron chi connectivity index (χ3n) is 4.94. The van der Waals surface area contributed by atoms with Crippen LogP contribution in [0.1, 0.15) is 38.2 Å². The van der Waals surface area contributed by atoms with Crippen LogP contribution in [0.3, 0.4) is 0 Å². The SMILES string of the molecule is CC(CNCc1ccc(N2CCCC2)cc1)N1CCCC1. The van der Waals surface area contributed by atoms with Crippen molar-refractivity contribution in [1.29, 1.82) is 0 Å². The summed E-state index contributed by atoms with van der Waals surface area (Å²) >= 11 is 0. The van der Waals surface area contributed by atoms with E-state index in [1.807, 2.05) is 0 Å². The summed E-state index contributed by atoms with van der Waals surface area (Å²) in [6.07, 6.45) is 5.44. The monoisotopic (exact) mass is 287 g/mol. The Bertz CT molecular complexity index is 417. The van der Waals surface area contributed by atoms with Crippen LogP contribution in [-0.2, 0) is 6.54 Å². The second kappa shape index (κ2) is 7.28. The highest BCUT2D eigenvalue weighted by molar-refractivity contribution is 5.48. The molecule has 1 aromatic carbocycles. The molecule has 3 heteroatoms. The van der Waals surface area contributed by atoms with Gasteiger partial charge in [-0.1, -0.05) is 12.1 Å². The van der Waals surface area contributed by atoms with Gasteiger partial charge in [0.05, 0.1) is 0 Å². The van der Waals surface area contributed by atoms with Crippen LogP contribution >= 0.6 is 0 Å². The average molecular weight is 287 g/mol. The topological polar surface area (TPSA) is 18.5 Å². The first kappa shape index (κ1) is 14.9. The quantitative estimate of drug-likeness (QED) is 0.868. The molecule has 2 fully saturated rings. The van der Waals surface area contributed by atoms with Gasteiger partial charge in [-0.05, 0) is 63.4 Å². The van der Waals surface area contributed by atoms with Crippen molar-refractivity contribution < 1.29 is 0 Å². The number of nitrogens with zero attached hydrogens (tertiary/aromatic N) is 2. The van der Waals surface area contributed by atoms with E-state index in [2.05, 4.69) is 46.3 Å². The van der Waals surface area contributed by atoms with Gasteiger partial charge in [0.2, 0.25) is 0 Å². The molecule has 0 radical (unpaired) electrons. The molecule has 116 valence electrons. The van der Waals surface area contributed by atoms with E-state index < -0.39 is 0 Å². The fourth-order valence-electron chi connectivity index (χ4n) is 3.54. The molecule has 0 aromatic heterocycles. The van der Waals surface area contributed by atoms with E-state index in [0.29, 0.717) is 6.04 Å². The van der Waals surface area contributed by atoms with Gasteiger partial charge in [-0.2, -0.15) is 0 Å². The van der Waals surface area contributed by atoms with Crippen LogP contribution in [0.5, 0.6) is 0 Å². The van der Waals surface area contributed by atoms with Crippen molar-refractivity contribution in [2.45, 2.75) is 45.2 Å². The predicted octanol–water partition coefficient (Wildman–Crippen LogP) is 2.86. The lowest BCUT2D eigenvalue weighted by Crippen LogP contribution is -2.38. The molecular weight excluding hydrogens is 258 g/mol. The summed E-state index contributed by atoms with van der Waals surface area (Å²) in [5.74, 6) is 0. The highest BCUT2D eigenvalue weighted by Crippen LogP contribution is 2.20. The van der Waals surface area contributed by atoms with Crippen LogP contribution in [0, 0.1) is 0 Å². The number of nitrogens with one attached hydrogen (secondary N) is 1. The van der Waals surface area contributed by atoms with E-state index >= 15 is 0 Å². The molecule has 2 saturated heterocycles. The Hall–Kier alpha value is -1.06. The fraction of sp³-hybridized carbons (Fsp3) is 0.667. The maximum absolute atomic E-state index is 3.61. The summed E-state index contributed by atoms with van der Waals surface area (Å²) in [5.41, 5.74) is 2.79. The number of rotatable bonds is 6. The van der Waals surface area contributed by atoms with Crippen LogP contribution in [0.15, 0.2) is 24.3 Å². The Labute approximate surface area is 129 Å². The van der Waals surface area contributed by atoms with Gasteiger partial charge in [-0.25, -0.2) is 0 Å². The van der Waals surface area contributed by atoms with E-state index in [1.165, 1.54) is 63.1 Å². The van der Waals surface area contributed by atoms with Crippen LogP contribution in [-0.4, -0.2) is 43.7 Å². The lowest BCUT2D eigenvalue weighted by Gasteiger charge is -2.24. The summed E-state index contributed by atoms with van der Waals surface area (Å²) in [6, 6.07) is 9.79. The highest BCUT2D eigenvalue weighted by Gasteiger charge is 2.17. The molecule has 0 bridgehead atoms. The van der Waals surface area contributed by atoms with Crippen LogP contribution in [0.25, 0.3) is 0 Å². The molecule has 0 saturated carbocycles. The molecule has 2 aliphatic rings. The van der Waals surface area contributed by atoms with Gasteiger partial charge in [0.1, 0.15) is 0 Å². The van der Waals surface area contributed by atoms with Crippen LogP contribution in [0.2, 0.25) is 0 Å². The summed E-state index contributed by atoms with van der Waals surface area (Å²) in [6.45, 7) is 9.44. The average Bonchev–Trinajstić information content (AvgIpc) is 3.21. The second-order valence-electron chi connectivity index (χ2n) is 6.58. The third kappa shape index (κ3) is 3.98. The van der Waals surface area contributed by atoms with Gasteiger partial charge in [-0.3, -0.25) is 4.90 Å². The standard InChI is InChI=1S/C18H29N3/c1-16(20-10-2-3-11-20)14-19-15-17-6-8-18(9-7-17)21-12-4-5-13-21/h6-9,16,19H,2-5,10-15H2,1H3. The fourth-order valence-corrected chi connectivity index (χ4v) is 3.54. The van der Waals surface area contributed by atoms with Crippen molar-refractivity contribution in [1.82, 2.24) is 10.2 Å². The molecule has 1 N–H and O–H groups in total. The molecule has 21 heavy (non-hydrogen) atoms. The lowest BCUT2D eigenvalue weighted by molar-refractivity contribution is 0.251. The zero-order valence-electron chi connectivity index (χ0n) is 13.4. The molecule has 2 aliphatic heterocycles. The first-order valence-corrected chi connectivity index (χ1v) is 8.61. The van der Waals surface area contributed by atoms with Gasteiger partial charge < -0.3 is 10.2 Å². The summed E-state index contributed by atoms with van der Waals surface area (Å²) in [5, 5.41) is 3.61. The predicted molar refractivity (Wildman–Crippen MR) is 89.9 cm³/mol. The van der Waals surface area contributed by atoms with E-state index in [9.17, 15) is 0 Å². The number of hydrogen-bond donors (Lipinski definition) is 1. The zero-order valence-corrected chi connectivity index (χ0v) is 13.4. The second-order valence-corrected chi connectivity index (χ2v) is 6.58. The highest BCUT2D eigenvalue weighted by atomic mass is 15.2. The smallest absolute Gasteiger partial charge is 0.0366 e. The van der Waals surface area contributed by atoms with Crippen LogP contribution in [0.4, 0.5) is 5.69 Å². The van der Waals surface area contributed by atoms with Gasteiger partial charge >= 0.3 is 0 Å². The molecule has 1 aromatic rings. The molecular formula is C18H29N3. The Balaban J connectivity index is 1.42. The largest absolute Gasteiger partial charge is 0.372 e. The van der Waals surface area contributed by atoms with Crippen molar-refractivity contribution in [3.63, 3.8) is 0 Å². The van der Waals surface area contributed by atoms with Gasteiger partial charge in [0.25, 0.3) is 0 Å². The third-order valence-corrected chi connectivity index (χ3v) is 4.94. The Morgan fingerprint density at radius 3 is 2.24 bits per heavy atom. The molecule has 0 amide bonds. The molecule has 2 heterocycles. The maximum Gasteiger partial charge on any atom is 0.0366 e. The van der Waals surface area contributed by atoms with E-state index in [4.69, 9.17) is 0 Å². The Kier molecular flexibility index (Phi) is 5.15. The first-order chi connectivity index (χ1) is 10.3. The molecule has 3 rings (SSSR count). The number of hydrogen-bond acceptors (Lipinski definition) is 3. The molecule has 0 spiro atoms. The molecule has 1 atom stereocenters. The van der Waals surface area contributed by atoms with Gasteiger partial charge in [0, 0.05) is 37.9 Å². The van der Waals surface area contributed by atoms with Gasteiger partial charge in [-0.15, -0.1) is 0 Å². The molecule has 1 unspecified atom stereocenters. The summed E-state index contributed by atoms with van der Waals surface area (Å²) in [4.78, 5) is 5.09. The van der Waals surface area contributed by atoms with Crippen LogP contribution < -0.4 is 10.2 Å². The number of benzene rings is 1. The van der Waals surface area contributed by atoms with Gasteiger partial charge in [0.15, 0.2) is 0 Å². The minimum absolute atomic E-state index is 0.663. The zero-order chi connectivity index (χ0) is 14.5. The van der Waals surface area contributed by atoms with Crippen molar-refractivity contribution in [2.24, 2.45) is 0 Å². The minimum Gasteiger partial charge on any atom is -0.372 e. The number of likely N-dealkylation sites (tertiary alicyclic amines) is 1. The summed E-state index contributed by atoms with van der Waals surface area (Å²) < 4.78 is 0. The van der Waals surface area contributed by atoms with Crippen molar-refractivity contribution in [3.8, 4) is 0 Å². The normalized spacial score (nSPS) is 21.1. The molecule has 0 aliphatic carbocycles.